The highest BCUT2D eigenvalue weighted by Crippen LogP contribution is 2.33. The van der Waals surface area contributed by atoms with E-state index in [2.05, 4.69) is 16.4 Å². The minimum Gasteiger partial charge on any atom is -0.494 e. The SMILES string of the molecule is CCOc1ccc(N=C2NC(=O)/C(=C\c3ccc(OCc4ccccc4C#N)c(OC)c3)S2)cc1. The number of thioether (sulfide) groups is 1. The highest BCUT2D eigenvalue weighted by Gasteiger charge is 2.24. The van der Waals surface area contributed by atoms with Crippen LogP contribution in [0.3, 0.4) is 0 Å². The number of nitrogens with one attached hydrogen (secondary N) is 1. The third-order valence-electron chi connectivity index (χ3n) is 5.04. The van der Waals surface area contributed by atoms with Crippen LogP contribution in [0.2, 0.25) is 0 Å². The Morgan fingerprint density at radius 3 is 2.60 bits per heavy atom. The molecule has 0 saturated carbocycles. The lowest BCUT2D eigenvalue weighted by Gasteiger charge is -2.12. The summed E-state index contributed by atoms with van der Waals surface area (Å²) in [5.74, 6) is 1.63. The zero-order chi connectivity index (χ0) is 24.6. The number of nitriles is 1. The molecule has 0 bridgehead atoms. The Hall–Kier alpha value is -4.22. The van der Waals surface area contributed by atoms with Gasteiger partial charge in [-0.15, -0.1) is 0 Å². The van der Waals surface area contributed by atoms with Crippen LogP contribution in [0.4, 0.5) is 5.69 Å². The second kappa shape index (κ2) is 11.3. The van der Waals surface area contributed by atoms with Crippen molar-refractivity contribution in [3.63, 3.8) is 0 Å². The van der Waals surface area contributed by atoms with Crippen LogP contribution in [0, 0.1) is 11.3 Å². The molecule has 4 rings (SSSR count). The van der Waals surface area contributed by atoms with Gasteiger partial charge in [0.1, 0.15) is 12.4 Å². The first kappa shape index (κ1) is 23.9. The average Bonchev–Trinajstić information content (AvgIpc) is 3.22. The van der Waals surface area contributed by atoms with Crippen LogP contribution < -0.4 is 19.5 Å². The number of carbonyl (C=O) groups is 1. The third kappa shape index (κ3) is 6.02. The molecule has 0 atom stereocenters. The second-order valence-electron chi connectivity index (χ2n) is 7.38. The van der Waals surface area contributed by atoms with Gasteiger partial charge in [-0.1, -0.05) is 24.3 Å². The predicted molar refractivity (Wildman–Crippen MR) is 137 cm³/mol. The molecule has 3 aromatic rings. The van der Waals surface area contributed by atoms with Gasteiger partial charge in [0, 0.05) is 5.56 Å². The van der Waals surface area contributed by atoms with Gasteiger partial charge >= 0.3 is 0 Å². The van der Waals surface area contributed by atoms with Crippen LogP contribution in [-0.4, -0.2) is 24.8 Å². The lowest BCUT2D eigenvalue weighted by Crippen LogP contribution is -2.19. The maximum absolute atomic E-state index is 12.5. The molecule has 3 aromatic carbocycles. The first-order valence-corrected chi connectivity index (χ1v) is 11.7. The number of hydrogen-bond donors (Lipinski definition) is 1. The summed E-state index contributed by atoms with van der Waals surface area (Å²) in [7, 11) is 1.56. The third-order valence-corrected chi connectivity index (χ3v) is 5.95. The number of amides is 1. The van der Waals surface area contributed by atoms with E-state index in [0.717, 1.165) is 22.6 Å². The maximum atomic E-state index is 12.5. The van der Waals surface area contributed by atoms with Crippen molar-refractivity contribution in [2.75, 3.05) is 13.7 Å². The molecule has 1 saturated heterocycles. The van der Waals surface area contributed by atoms with E-state index < -0.39 is 0 Å². The Morgan fingerprint density at radius 2 is 1.86 bits per heavy atom. The van der Waals surface area contributed by atoms with Gasteiger partial charge in [0.15, 0.2) is 16.7 Å². The molecule has 1 fully saturated rings. The zero-order valence-electron chi connectivity index (χ0n) is 19.3. The number of benzene rings is 3. The van der Waals surface area contributed by atoms with Gasteiger partial charge in [-0.3, -0.25) is 4.79 Å². The monoisotopic (exact) mass is 485 g/mol. The summed E-state index contributed by atoms with van der Waals surface area (Å²) in [6.45, 7) is 2.77. The van der Waals surface area contributed by atoms with E-state index in [0.29, 0.717) is 33.7 Å². The summed E-state index contributed by atoms with van der Waals surface area (Å²) < 4.78 is 16.8. The first-order valence-electron chi connectivity index (χ1n) is 10.9. The number of amidine groups is 1. The van der Waals surface area contributed by atoms with Crippen LogP contribution in [0.25, 0.3) is 6.08 Å². The van der Waals surface area contributed by atoms with Crippen LogP contribution in [0.15, 0.2) is 76.6 Å². The summed E-state index contributed by atoms with van der Waals surface area (Å²) in [6.07, 6.45) is 1.78. The molecule has 1 amide bonds. The molecule has 0 aliphatic carbocycles. The lowest BCUT2D eigenvalue weighted by atomic mass is 10.1. The Kier molecular flexibility index (Phi) is 7.70. The number of hydrogen-bond acceptors (Lipinski definition) is 7. The highest BCUT2D eigenvalue weighted by atomic mass is 32.2. The topological polar surface area (TPSA) is 92.9 Å². The van der Waals surface area contributed by atoms with Crippen molar-refractivity contribution in [2.24, 2.45) is 4.99 Å². The van der Waals surface area contributed by atoms with Crippen molar-refractivity contribution < 1.29 is 19.0 Å². The van der Waals surface area contributed by atoms with Gasteiger partial charge in [0.25, 0.3) is 5.91 Å². The summed E-state index contributed by atoms with van der Waals surface area (Å²) in [4.78, 5) is 17.5. The number of carbonyl (C=O) groups excluding carboxylic acids is 1. The Balaban J connectivity index is 1.47. The van der Waals surface area contributed by atoms with Crippen molar-refractivity contribution >= 4 is 34.6 Å². The number of nitrogens with zero attached hydrogens (tertiary/aromatic N) is 2. The van der Waals surface area contributed by atoms with Gasteiger partial charge in [-0.25, -0.2) is 4.99 Å². The van der Waals surface area contributed by atoms with Gasteiger partial charge in [0.2, 0.25) is 0 Å². The van der Waals surface area contributed by atoms with E-state index in [1.54, 1.807) is 31.4 Å². The van der Waals surface area contributed by atoms with Crippen molar-refractivity contribution in [3.05, 3.63) is 88.3 Å². The standard InChI is InChI=1S/C27H23N3O4S/c1-3-33-22-11-9-21(10-12-22)29-27-30-26(31)25(35-27)15-18-8-13-23(24(14-18)32-2)34-17-20-7-5-4-6-19(20)16-28/h4-15H,3,17H2,1-2H3,(H,29,30,31)/b25-15+. The summed E-state index contributed by atoms with van der Waals surface area (Å²) in [5, 5.41) is 12.6. The molecule has 35 heavy (non-hydrogen) atoms. The van der Waals surface area contributed by atoms with Gasteiger partial charge < -0.3 is 19.5 Å². The van der Waals surface area contributed by atoms with E-state index in [1.165, 1.54) is 11.8 Å². The highest BCUT2D eigenvalue weighted by molar-refractivity contribution is 8.18. The minimum absolute atomic E-state index is 0.216. The molecule has 1 aliphatic heterocycles. The van der Waals surface area contributed by atoms with Crippen molar-refractivity contribution in [3.8, 4) is 23.3 Å². The van der Waals surface area contributed by atoms with Gasteiger partial charge in [-0.2, -0.15) is 5.26 Å². The van der Waals surface area contributed by atoms with Gasteiger partial charge in [-0.05, 0) is 72.8 Å². The van der Waals surface area contributed by atoms with Gasteiger partial charge in [0.05, 0.1) is 35.9 Å². The largest absolute Gasteiger partial charge is 0.494 e. The zero-order valence-corrected chi connectivity index (χ0v) is 20.1. The molecule has 8 heteroatoms. The number of rotatable bonds is 8. The summed E-state index contributed by atoms with van der Waals surface area (Å²) in [6, 6.07) is 22.2. The molecule has 0 unspecified atom stereocenters. The molecular formula is C27H23N3O4S. The quantitative estimate of drug-likeness (QED) is 0.427. The summed E-state index contributed by atoms with van der Waals surface area (Å²) >= 11 is 1.27. The van der Waals surface area contributed by atoms with E-state index >= 15 is 0 Å². The molecule has 0 radical (unpaired) electrons. The van der Waals surface area contributed by atoms with E-state index in [-0.39, 0.29) is 12.5 Å². The minimum atomic E-state index is -0.216. The fourth-order valence-corrected chi connectivity index (χ4v) is 4.18. The number of aliphatic imine (C=N–C) groups is 1. The van der Waals surface area contributed by atoms with Crippen molar-refractivity contribution in [1.29, 1.82) is 5.26 Å². The Morgan fingerprint density at radius 1 is 1.06 bits per heavy atom. The number of ether oxygens (including phenoxy) is 3. The molecule has 0 spiro atoms. The predicted octanol–water partition coefficient (Wildman–Crippen LogP) is 5.44. The molecule has 0 aromatic heterocycles. The Labute approximate surface area is 208 Å². The molecule has 1 N–H and O–H groups in total. The van der Waals surface area contributed by atoms with E-state index in [1.807, 2.05) is 55.5 Å². The van der Waals surface area contributed by atoms with Crippen LogP contribution in [-0.2, 0) is 11.4 Å². The average molecular weight is 486 g/mol. The molecule has 176 valence electrons. The summed E-state index contributed by atoms with van der Waals surface area (Å²) in [5.41, 5.74) is 2.87. The lowest BCUT2D eigenvalue weighted by molar-refractivity contribution is -0.115. The normalized spacial score (nSPS) is 15.1. The fourth-order valence-electron chi connectivity index (χ4n) is 3.34. The first-order chi connectivity index (χ1) is 17.1. The van der Waals surface area contributed by atoms with E-state index in [9.17, 15) is 10.1 Å². The van der Waals surface area contributed by atoms with Crippen molar-refractivity contribution in [1.82, 2.24) is 5.32 Å². The molecule has 1 heterocycles. The molecule has 7 nitrogen and oxygen atoms in total. The maximum Gasteiger partial charge on any atom is 0.264 e. The van der Waals surface area contributed by atoms with Crippen molar-refractivity contribution in [2.45, 2.75) is 13.5 Å². The smallest absolute Gasteiger partial charge is 0.264 e. The van der Waals surface area contributed by atoms with E-state index in [4.69, 9.17) is 14.2 Å². The second-order valence-corrected chi connectivity index (χ2v) is 8.41. The van der Waals surface area contributed by atoms with Crippen LogP contribution in [0.1, 0.15) is 23.6 Å². The van der Waals surface area contributed by atoms with Crippen LogP contribution in [0.5, 0.6) is 17.2 Å². The molecule has 1 aliphatic rings. The fraction of sp³-hybridized carbons (Fsp3) is 0.148. The molecular weight excluding hydrogens is 462 g/mol. The Bertz CT molecular complexity index is 1330. The number of methoxy groups -OCH3 is 1. The van der Waals surface area contributed by atoms with Crippen LogP contribution >= 0.6 is 11.8 Å².